The second-order valence-electron chi connectivity index (χ2n) is 7.12. The average Bonchev–Trinajstić information content (AvgIpc) is 3.26. The van der Waals surface area contributed by atoms with Crippen LogP contribution in [0.3, 0.4) is 0 Å². The van der Waals surface area contributed by atoms with E-state index in [2.05, 4.69) is 9.88 Å². The van der Waals surface area contributed by atoms with Crippen LogP contribution in [0.1, 0.15) is 13.3 Å². The SMILES string of the molecule is CCN(Cn1nc(-c2cccnc2)n(-c2ccccc2)c1=S)C1CCS(=O)(=O)C1. The molecular weight excluding hydrogens is 406 g/mol. The molecule has 0 radical (unpaired) electrons. The summed E-state index contributed by atoms with van der Waals surface area (Å²) in [7, 11) is -2.95. The Morgan fingerprint density at radius 2 is 2.00 bits per heavy atom. The summed E-state index contributed by atoms with van der Waals surface area (Å²) < 4.78 is 28.1. The van der Waals surface area contributed by atoms with Crippen molar-refractivity contribution in [2.24, 2.45) is 0 Å². The molecule has 152 valence electrons. The monoisotopic (exact) mass is 429 g/mol. The van der Waals surface area contributed by atoms with E-state index in [1.807, 2.05) is 54.0 Å². The zero-order chi connectivity index (χ0) is 20.4. The first kappa shape index (κ1) is 19.9. The second-order valence-corrected chi connectivity index (χ2v) is 9.72. The summed E-state index contributed by atoms with van der Waals surface area (Å²) in [5, 5.41) is 4.80. The van der Waals surface area contributed by atoms with Gasteiger partial charge in [0.05, 0.1) is 18.2 Å². The summed E-state index contributed by atoms with van der Waals surface area (Å²) in [6, 6.07) is 13.7. The average molecular weight is 430 g/mol. The number of hydrogen-bond donors (Lipinski definition) is 0. The maximum absolute atomic E-state index is 11.9. The minimum atomic E-state index is -2.95. The van der Waals surface area contributed by atoms with Crippen molar-refractivity contribution in [3.8, 4) is 17.1 Å². The lowest BCUT2D eigenvalue weighted by atomic mass is 10.2. The highest BCUT2D eigenvalue weighted by Crippen LogP contribution is 2.23. The topological polar surface area (TPSA) is 73.0 Å². The summed E-state index contributed by atoms with van der Waals surface area (Å²) in [5.74, 6) is 1.16. The Balaban J connectivity index is 1.75. The molecule has 29 heavy (non-hydrogen) atoms. The minimum absolute atomic E-state index is 0.00406. The molecule has 1 aliphatic heterocycles. The van der Waals surface area contributed by atoms with E-state index in [0.29, 0.717) is 23.7 Å². The van der Waals surface area contributed by atoms with E-state index in [9.17, 15) is 8.42 Å². The van der Waals surface area contributed by atoms with Gasteiger partial charge in [0.15, 0.2) is 15.7 Å². The molecule has 0 spiro atoms. The fraction of sp³-hybridized carbons (Fsp3) is 0.350. The lowest BCUT2D eigenvalue weighted by Gasteiger charge is -2.26. The lowest BCUT2D eigenvalue weighted by Crippen LogP contribution is -2.37. The van der Waals surface area contributed by atoms with Crippen molar-refractivity contribution in [2.75, 3.05) is 18.1 Å². The van der Waals surface area contributed by atoms with E-state index < -0.39 is 9.84 Å². The first-order chi connectivity index (χ1) is 14.0. The van der Waals surface area contributed by atoms with Gasteiger partial charge in [0.25, 0.3) is 0 Å². The number of rotatable bonds is 6. The van der Waals surface area contributed by atoms with Crippen molar-refractivity contribution < 1.29 is 8.42 Å². The van der Waals surface area contributed by atoms with Gasteiger partial charge in [-0.1, -0.05) is 25.1 Å². The largest absolute Gasteiger partial charge is 0.281 e. The van der Waals surface area contributed by atoms with Crippen molar-refractivity contribution in [3.05, 3.63) is 59.6 Å². The van der Waals surface area contributed by atoms with Gasteiger partial charge in [0, 0.05) is 29.7 Å². The molecule has 1 atom stereocenters. The third-order valence-electron chi connectivity index (χ3n) is 5.22. The fourth-order valence-electron chi connectivity index (χ4n) is 3.70. The predicted octanol–water partition coefficient (Wildman–Crippen LogP) is 2.93. The number of sulfone groups is 1. The summed E-state index contributed by atoms with van der Waals surface area (Å²) in [6.07, 6.45) is 4.14. The normalized spacial score (nSPS) is 18.3. The van der Waals surface area contributed by atoms with Gasteiger partial charge in [0.1, 0.15) is 0 Å². The maximum Gasteiger partial charge on any atom is 0.204 e. The van der Waals surface area contributed by atoms with Crippen molar-refractivity contribution in [1.29, 1.82) is 0 Å². The van der Waals surface area contributed by atoms with Gasteiger partial charge < -0.3 is 0 Å². The zero-order valence-corrected chi connectivity index (χ0v) is 17.8. The summed E-state index contributed by atoms with van der Waals surface area (Å²) >= 11 is 5.78. The van der Waals surface area contributed by atoms with E-state index in [0.717, 1.165) is 17.8 Å². The quantitative estimate of drug-likeness (QED) is 0.561. The first-order valence-electron chi connectivity index (χ1n) is 9.58. The number of nitrogens with zero attached hydrogens (tertiary/aromatic N) is 5. The molecule has 0 amide bonds. The van der Waals surface area contributed by atoms with Crippen LogP contribution < -0.4 is 0 Å². The third kappa shape index (κ3) is 4.17. The molecule has 0 N–H and O–H groups in total. The molecule has 0 bridgehead atoms. The molecule has 1 fully saturated rings. The van der Waals surface area contributed by atoms with Crippen LogP contribution in [0.15, 0.2) is 54.9 Å². The van der Waals surface area contributed by atoms with Gasteiger partial charge in [0.2, 0.25) is 4.77 Å². The Morgan fingerprint density at radius 1 is 1.21 bits per heavy atom. The summed E-state index contributed by atoms with van der Waals surface area (Å²) in [5.41, 5.74) is 1.79. The molecule has 9 heteroatoms. The van der Waals surface area contributed by atoms with Gasteiger partial charge in [-0.25, -0.2) is 13.1 Å². The molecule has 1 aromatic carbocycles. The number of pyridine rings is 1. The van der Waals surface area contributed by atoms with Crippen LogP contribution in [0.2, 0.25) is 0 Å². The Kier molecular flexibility index (Phi) is 5.62. The van der Waals surface area contributed by atoms with Crippen LogP contribution in [0, 0.1) is 4.77 Å². The van der Waals surface area contributed by atoms with Crippen molar-refractivity contribution in [2.45, 2.75) is 26.1 Å². The van der Waals surface area contributed by atoms with E-state index in [1.54, 1.807) is 17.1 Å². The highest BCUT2D eigenvalue weighted by atomic mass is 32.2. The zero-order valence-electron chi connectivity index (χ0n) is 16.2. The van der Waals surface area contributed by atoms with Gasteiger partial charge in [-0.2, -0.15) is 0 Å². The third-order valence-corrected chi connectivity index (χ3v) is 7.36. The smallest absolute Gasteiger partial charge is 0.204 e. The molecule has 1 unspecified atom stereocenters. The van der Waals surface area contributed by atoms with Crippen LogP contribution in [0.25, 0.3) is 17.1 Å². The fourth-order valence-corrected chi connectivity index (χ4v) is 5.75. The standard InChI is InChI=1S/C20H23N5O2S2/c1-2-23(18-10-12-29(26,27)14-18)15-24-20(28)25(17-8-4-3-5-9-17)19(22-24)16-7-6-11-21-13-16/h3-9,11,13,18H,2,10,12,14-15H2,1H3. The molecule has 1 saturated heterocycles. The van der Waals surface area contributed by atoms with E-state index in [1.165, 1.54) is 0 Å². The van der Waals surface area contributed by atoms with E-state index in [4.69, 9.17) is 17.3 Å². The molecule has 2 aromatic heterocycles. The molecule has 0 saturated carbocycles. The first-order valence-corrected chi connectivity index (χ1v) is 11.8. The van der Waals surface area contributed by atoms with Gasteiger partial charge in [-0.05, 0) is 49.4 Å². The Bertz CT molecular complexity index is 1140. The maximum atomic E-state index is 11.9. The van der Waals surface area contributed by atoms with Crippen molar-refractivity contribution in [3.63, 3.8) is 0 Å². The molecule has 4 rings (SSSR count). The molecule has 7 nitrogen and oxygen atoms in total. The second kappa shape index (κ2) is 8.17. The highest BCUT2D eigenvalue weighted by molar-refractivity contribution is 7.91. The van der Waals surface area contributed by atoms with Crippen molar-refractivity contribution >= 4 is 22.1 Å². The number of aromatic nitrogens is 4. The molecule has 0 aliphatic carbocycles. The number of hydrogen-bond acceptors (Lipinski definition) is 6. The van der Waals surface area contributed by atoms with Crippen LogP contribution in [0.4, 0.5) is 0 Å². The minimum Gasteiger partial charge on any atom is -0.281 e. The van der Waals surface area contributed by atoms with E-state index in [-0.39, 0.29) is 17.5 Å². The predicted molar refractivity (Wildman–Crippen MR) is 115 cm³/mol. The lowest BCUT2D eigenvalue weighted by molar-refractivity contribution is 0.164. The van der Waals surface area contributed by atoms with Crippen LogP contribution in [0.5, 0.6) is 0 Å². The molecule has 3 aromatic rings. The number of para-hydroxylation sites is 1. The molecule has 3 heterocycles. The summed E-state index contributed by atoms with van der Waals surface area (Å²) in [4.78, 5) is 6.35. The molecule has 1 aliphatic rings. The number of benzene rings is 1. The van der Waals surface area contributed by atoms with Gasteiger partial charge in [-0.3, -0.25) is 14.5 Å². The van der Waals surface area contributed by atoms with Crippen molar-refractivity contribution in [1.82, 2.24) is 24.2 Å². The van der Waals surface area contributed by atoms with Crippen LogP contribution >= 0.6 is 12.2 Å². The van der Waals surface area contributed by atoms with Gasteiger partial charge in [-0.15, -0.1) is 5.10 Å². The Morgan fingerprint density at radius 3 is 2.62 bits per heavy atom. The Labute approximate surface area is 175 Å². The summed E-state index contributed by atoms with van der Waals surface area (Å²) in [6.45, 7) is 3.20. The van der Waals surface area contributed by atoms with E-state index >= 15 is 0 Å². The van der Waals surface area contributed by atoms with Crippen LogP contribution in [-0.4, -0.2) is 56.7 Å². The van der Waals surface area contributed by atoms with Crippen LogP contribution in [-0.2, 0) is 16.5 Å². The molecular formula is C20H23N5O2S2. The highest BCUT2D eigenvalue weighted by Gasteiger charge is 2.32. The Hall–Kier alpha value is -2.36. The van der Waals surface area contributed by atoms with Gasteiger partial charge >= 0.3 is 0 Å².